The molecule has 43 heavy (non-hydrogen) atoms. The molecule has 244 valence electrons. The van der Waals surface area contributed by atoms with Crippen LogP contribution in [-0.4, -0.2) is 39.6 Å². The summed E-state index contributed by atoms with van der Waals surface area (Å²) in [7, 11) is 0. The summed E-state index contributed by atoms with van der Waals surface area (Å²) < 4.78 is 23.6. The van der Waals surface area contributed by atoms with Crippen LogP contribution in [0.4, 0.5) is 0 Å². The van der Waals surface area contributed by atoms with Crippen LogP contribution in [0.1, 0.15) is 130 Å². The van der Waals surface area contributed by atoms with Gasteiger partial charge in [-0.2, -0.15) is 0 Å². The van der Waals surface area contributed by atoms with Crippen molar-refractivity contribution in [2.24, 2.45) is 5.92 Å². The molecule has 0 aliphatic rings. The Morgan fingerprint density at radius 2 is 0.791 bits per heavy atom. The van der Waals surface area contributed by atoms with Crippen molar-refractivity contribution in [1.29, 1.82) is 0 Å². The summed E-state index contributed by atoms with van der Waals surface area (Å²) >= 11 is 0. The first-order valence-corrected chi connectivity index (χ1v) is 17.8. The molecule has 0 saturated carbocycles. The zero-order chi connectivity index (χ0) is 30.6. The van der Waals surface area contributed by atoms with Crippen molar-refractivity contribution in [1.82, 2.24) is 0 Å². The van der Waals surface area contributed by atoms with Gasteiger partial charge in [-0.25, -0.2) is 0 Å². The highest BCUT2D eigenvalue weighted by atomic mass is 16.5. The maximum Gasteiger partial charge on any atom is 0.119 e. The molecule has 2 aromatic rings. The fourth-order valence-electron chi connectivity index (χ4n) is 5.14. The van der Waals surface area contributed by atoms with E-state index in [0.29, 0.717) is 5.92 Å². The van der Waals surface area contributed by atoms with E-state index in [2.05, 4.69) is 69.3 Å². The van der Waals surface area contributed by atoms with Gasteiger partial charge in [-0.15, -0.1) is 0 Å². The van der Waals surface area contributed by atoms with E-state index in [1.807, 2.05) is 0 Å². The van der Waals surface area contributed by atoms with Crippen LogP contribution in [0, 0.1) is 5.92 Å². The summed E-state index contributed by atoms with van der Waals surface area (Å²) in [5.74, 6) is 2.48. The first-order chi connectivity index (χ1) is 21.2. The summed E-state index contributed by atoms with van der Waals surface area (Å²) in [6.45, 7) is 11.9. The number of unbranched alkanes of at least 4 members (excludes halogenated alkanes) is 12. The van der Waals surface area contributed by atoms with Crippen molar-refractivity contribution >= 4 is 0 Å². The molecule has 4 heteroatoms. The number of hydrogen-bond donors (Lipinski definition) is 0. The second kappa shape index (κ2) is 26.4. The van der Waals surface area contributed by atoms with Gasteiger partial charge in [0.15, 0.2) is 0 Å². The average Bonchev–Trinajstić information content (AvgIpc) is 3.03. The molecular weight excluding hydrogens is 532 g/mol. The van der Waals surface area contributed by atoms with E-state index in [4.69, 9.17) is 18.9 Å². The van der Waals surface area contributed by atoms with Gasteiger partial charge in [0.25, 0.3) is 0 Å². The molecule has 4 nitrogen and oxygen atoms in total. The van der Waals surface area contributed by atoms with Crippen LogP contribution in [0.15, 0.2) is 48.5 Å². The first kappa shape index (κ1) is 37.1. The van der Waals surface area contributed by atoms with Crippen LogP contribution in [0.3, 0.4) is 0 Å². The highest BCUT2D eigenvalue weighted by molar-refractivity contribution is 5.64. The van der Waals surface area contributed by atoms with Crippen molar-refractivity contribution in [3.05, 3.63) is 48.5 Å². The predicted molar refractivity (Wildman–Crippen MR) is 184 cm³/mol. The molecule has 0 heterocycles. The third-order valence-corrected chi connectivity index (χ3v) is 8.16. The fraction of sp³-hybridized carbons (Fsp3) is 0.692. The zero-order valence-electron chi connectivity index (χ0n) is 28.1. The molecule has 0 aromatic heterocycles. The van der Waals surface area contributed by atoms with Crippen LogP contribution >= 0.6 is 0 Å². The van der Waals surface area contributed by atoms with E-state index >= 15 is 0 Å². The molecule has 0 aliphatic heterocycles. The Balaban J connectivity index is 1.49. The molecule has 0 amide bonds. The van der Waals surface area contributed by atoms with Crippen molar-refractivity contribution < 1.29 is 18.9 Å². The van der Waals surface area contributed by atoms with Gasteiger partial charge in [0, 0.05) is 26.4 Å². The normalized spacial score (nSPS) is 12.0. The minimum absolute atomic E-state index is 0.610. The minimum atomic E-state index is 0.610. The molecule has 0 spiro atoms. The number of ether oxygens (including phenoxy) is 4. The molecule has 2 aromatic carbocycles. The summed E-state index contributed by atoms with van der Waals surface area (Å²) in [4.78, 5) is 0. The second-order valence-corrected chi connectivity index (χ2v) is 12.2. The molecule has 2 rings (SSSR count). The molecular formula is C39H64O4. The van der Waals surface area contributed by atoms with E-state index in [1.54, 1.807) is 0 Å². The SMILES string of the molecule is CCCCCCCCOCCCCCOc1ccc(-c2ccc(OCCC(C)CCOCCCCCCCC)cc2)cc1. The highest BCUT2D eigenvalue weighted by Gasteiger charge is 2.05. The topological polar surface area (TPSA) is 36.9 Å². The van der Waals surface area contributed by atoms with Crippen LogP contribution in [0.2, 0.25) is 0 Å². The summed E-state index contributed by atoms with van der Waals surface area (Å²) in [6, 6.07) is 16.8. The molecule has 1 unspecified atom stereocenters. The lowest BCUT2D eigenvalue weighted by atomic mass is 10.1. The molecule has 0 bridgehead atoms. The predicted octanol–water partition coefficient (Wildman–Crippen LogP) is 11.5. The Labute approximate surface area is 265 Å². The van der Waals surface area contributed by atoms with Crippen LogP contribution in [-0.2, 0) is 9.47 Å². The zero-order valence-corrected chi connectivity index (χ0v) is 28.1. The van der Waals surface area contributed by atoms with Gasteiger partial charge in [-0.05, 0) is 86.3 Å². The van der Waals surface area contributed by atoms with Gasteiger partial charge in [0.1, 0.15) is 11.5 Å². The van der Waals surface area contributed by atoms with E-state index in [-0.39, 0.29) is 0 Å². The Morgan fingerprint density at radius 3 is 1.30 bits per heavy atom. The first-order valence-electron chi connectivity index (χ1n) is 17.8. The Hall–Kier alpha value is -2.04. The van der Waals surface area contributed by atoms with Crippen molar-refractivity contribution in [2.45, 2.75) is 130 Å². The maximum absolute atomic E-state index is 6.02. The van der Waals surface area contributed by atoms with E-state index < -0.39 is 0 Å². The highest BCUT2D eigenvalue weighted by Crippen LogP contribution is 2.25. The summed E-state index contributed by atoms with van der Waals surface area (Å²) in [6.07, 6.45) is 21.3. The third-order valence-electron chi connectivity index (χ3n) is 8.16. The van der Waals surface area contributed by atoms with Crippen molar-refractivity contribution in [3.8, 4) is 22.6 Å². The molecule has 0 N–H and O–H groups in total. The molecule has 0 fully saturated rings. The van der Waals surface area contributed by atoms with Gasteiger partial charge >= 0.3 is 0 Å². The van der Waals surface area contributed by atoms with Gasteiger partial charge in [0.2, 0.25) is 0 Å². The lowest BCUT2D eigenvalue weighted by Crippen LogP contribution is -2.08. The Morgan fingerprint density at radius 1 is 0.419 bits per heavy atom. The van der Waals surface area contributed by atoms with E-state index in [1.165, 1.54) is 88.2 Å². The van der Waals surface area contributed by atoms with Gasteiger partial charge in [0.05, 0.1) is 13.2 Å². The van der Waals surface area contributed by atoms with Crippen LogP contribution < -0.4 is 9.47 Å². The van der Waals surface area contributed by atoms with Crippen LogP contribution in [0.5, 0.6) is 11.5 Å². The molecule has 0 radical (unpaired) electrons. The molecule has 0 aliphatic carbocycles. The standard InChI is InChI=1S/C39H64O4/c1-4-6-8-10-12-15-29-40-30-17-14-18-32-42-38-23-19-36(20-24-38)37-21-25-39(26-22-37)43-34-28-35(3)27-33-41-31-16-13-11-9-7-5-2/h19-26,35H,4-18,27-34H2,1-3H3. The smallest absolute Gasteiger partial charge is 0.119 e. The average molecular weight is 597 g/mol. The summed E-state index contributed by atoms with van der Waals surface area (Å²) in [5.41, 5.74) is 2.38. The van der Waals surface area contributed by atoms with Gasteiger partial charge in [-0.1, -0.05) is 109 Å². The monoisotopic (exact) mass is 596 g/mol. The molecule has 1 atom stereocenters. The van der Waals surface area contributed by atoms with E-state index in [9.17, 15) is 0 Å². The largest absolute Gasteiger partial charge is 0.494 e. The Kier molecular flexibility index (Phi) is 22.8. The minimum Gasteiger partial charge on any atom is -0.494 e. The van der Waals surface area contributed by atoms with Crippen molar-refractivity contribution in [3.63, 3.8) is 0 Å². The van der Waals surface area contributed by atoms with Crippen molar-refractivity contribution in [2.75, 3.05) is 39.6 Å². The van der Waals surface area contributed by atoms with Gasteiger partial charge < -0.3 is 18.9 Å². The lowest BCUT2D eigenvalue weighted by molar-refractivity contribution is 0.114. The third kappa shape index (κ3) is 19.8. The number of benzene rings is 2. The number of rotatable bonds is 29. The fourth-order valence-corrected chi connectivity index (χ4v) is 5.14. The quantitative estimate of drug-likeness (QED) is 0.0875. The number of hydrogen-bond acceptors (Lipinski definition) is 4. The lowest BCUT2D eigenvalue weighted by Gasteiger charge is -2.13. The Bertz CT molecular complexity index is 864. The van der Waals surface area contributed by atoms with Crippen LogP contribution in [0.25, 0.3) is 11.1 Å². The second-order valence-electron chi connectivity index (χ2n) is 12.2. The summed E-state index contributed by atoms with van der Waals surface area (Å²) in [5, 5.41) is 0. The van der Waals surface area contributed by atoms with E-state index in [0.717, 1.165) is 83.2 Å². The maximum atomic E-state index is 6.02. The molecule has 0 saturated heterocycles. The van der Waals surface area contributed by atoms with Gasteiger partial charge in [-0.3, -0.25) is 0 Å².